The molecule has 2 aliphatic rings. The fourth-order valence-corrected chi connectivity index (χ4v) is 4.91. The van der Waals surface area contributed by atoms with Crippen molar-refractivity contribution in [2.45, 2.75) is 28.9 Å². The summed E-state index contributed by atoms with van der Waals surface area (Å²) in [4.78, 5) is 0. The molecule has 0 aliphatic heterocycles. The number of rotatable bonds is 2. The normalized spacial score (nSPS) is 35.0. The number of anilines is 1. The highest BCUT2D eigenvalue weighted by atomic mass is 32.2. The van der Waals surface area contributed by atoms with Gasteiger partial charge < -0.3 is 10.9 Å². The van der Waals surface area contributed by atoms with E-state index in [1.807, 2.05) is 0 Å². The van der Waals surface area contributed by atoms with Gasteiger partial charge in [-0.05, 0) is 25.2 Å². The Morgan fingerprint density at radius 2 is 2.31 bits per heavy atom. The molecule has 0 amide bonds. The van der Waals surface area contributed by atoms with E-state index in [4.69, 9.17) is 10.9 Å². The van der Waals surface area contributed by atoms with Crippen LogP contribution in [0.3, 0.4) is 0 Å². The minimum Gasteiger partial charge on any atom is -0.411 e. The van der Waals surface area contributed by atoms with Crippen LogP contribution in [-0.4, -0.2) is 26.4 Å². The monoisotopic (exact) mass is 256 g/mol. The Morgan fingerprint density at radius 1 is 1.44 bits per heavy atom. The molecule has 2 fully saturated rings. The molecule has 1 aromatic heterocycles. The SMILES string of the molecule is Nc1nnc(S[C@@H]2/C(=N\O)[C@H]3CC[C@@H]2C3)s1. The van der Waals surface area contributed by atoms with Gasteiger partial charge in [-0.2, -0.15) is 0 Å². The van der Waals surface area contributed by atoms with Gasteiger partial charge in [0, 0.05) is 5.92 Å². The zero-order valence-corrected chi connectivity index (χ0v) is 10.2. The maximum absolute atomic E-state index is 9.06. The quantitative estimate of drug-likeness (QED) is 0.623. The Labute approximate surface area is 101 Å². The van der Waals surface area contributed by atoms with Crippen molar-refractivity contribution >= 4 is 33.9 Å². The molecule has 0 saturated heterocycles. The Balaban J connectivity index is 1.80. The lowest BCUT2D eigenvalue weighted by Crippen LogP contribution is -2.24. The van der Waals surface area contributed by atoms with E-state index in [9.17, 15) is 0 Å². The van der Waals surface area contributed by atoms with Crippen LogP contribution >= 0.6 is 23.1 Å². The average Bonchev–Trinajstić information content (AvgIpc) is 2.94. The summed E-state index contributed by atoms with van der Waals surface area (Å²) < 4.78 is 0.871. The summed E-state index contributed by atoms with van der Waals surface area (Å²) in [5.74, 6) is 1.11. The third-order valence-electron chi connectivity index (χ3n) is 3.38. The molecule has 1 aromatic rings. The number of hydrogen-bond acceptors (Lipinski definition) is 7. The van der Waals surface area contributed by atoms with E-state index in [2.05, 4.69) is 15.4 Å². The van der Waals surface area contributed by atoms with Crippen molar-refractivity contribution < 1.29 is 5.21 Å². The van der Waals surface area contributed by atoms with Gasteiger partial charge in [0.2, 0.25) is 5.13 Å². The lowest BCUT2D eigenvalue weighted by molar-refractivity contribution is 0.314. The molecule has 7 heteroatoms. The lowest BCUT2D eigenvalue weighted by Gasteiger charge is -2.20. The Hall–Kier alpha value is -0.820. The largest absolute Gasteiger partial charge is 0.411 e. The van der Waals surface area contributed by atoms with Gasteiger partial charge in [-0.15, -0.1) is 10.2 Å². The van der Waals surface area contributed by atoms with Crippen LogP contribution in [0.4, 0.5) is 5.13 Å². The van der Waals surface area contributed by atoms with Crippen LogP contribution in [0, 0.1) is 11.8 Å². The molecule has 0 radical (unpaired) electrons. The number of fused-ring (bicyclic) bond motifs is 2. The zero-order chi connectivity index (χ0) is 11.1. The molecule has 0 unspecified atom stereocenters. The van der Waals surface area contributed by atoms with Crippen molar-refractivity contribution in [2.75, 3.05) is 5.73 Å². The summed E-state index contributed by atoms with van der Waals surface area (Å²) in [5, 5.41) is 21.1. The summed E-state index contributed by atoms with van der Waals surface area (Å²) in [6, 6.07) is 0. The van der Waals surface area contributed by atoms with Crippen LogP contribution in [0.2, 0.25) is 0 Å². The first-order chi connectivity index (χ1) is 7.78. The van der Waals surface area contributed by atoms with Gasteiger partial charge in [0.15, 0.2) is 4.34 Å². The fourth-order valence-electron chi connectivity index (χ4n) is 2.71. The van der Waals surface area contributed by atoms with Crippen LogP contribution in [-0.2, 0) is 0 Å². The maximum Gasteiger partial charge on any atom is 0.203 e. The van der Waals surface area contributed by atoms with Crippen LogP contribution < -0.4 is 5.73 Å². The Morgan fingerprint density at radius 3 is 3.00 bits per heavy atom. The second-order valence-corrected chi connectivity index (χ2v) is 6.64. The molecule has 1 heterocycles. The number of aromatic nitrogens is 2. The third-order valence-corrected chi connectivity index (χ3v) is 5.63. The number of nitrogens with two attached hydrogens (primary N) is 1. The van der Waals surface area contributed by atoms with Gasteiger partial charge in [0.25, 0.3) is 0 Å². The molecule has 2 saturated carbocycles. The van der Waals surface area contributed by atoms with Crippen molar-refractivity contribution in [1.29, 1.82) is 0 Å². The molecule has 3 rings (SSSR count). The second-order valence-electron chi connectivity index (χ2n) is 4.24. The molecule has 2 aliphatic carbocycles. The predicted octanol–water partition coefficient (Wildman–Crippen LogP) is 1.84. The van der Waals surface area contributed by atoms with Gasteiger partial charge in [-0.3, -0.25) is 0 Å². The first-order valence-corrected chi connectivity index (χ1v) is 6.95. The van der Waals surface area contributed by atoms with E-state index >= 15 is 0 Å². The van der Waals surface area contributed by atoms with Crippen molar-refractivity contribution in [2.24, 2.45) is 17.0 Å². The molecule has 2 bridgehead atoms. The van der Waals surface area contributed by atoms with Crippen LogP contribution in [0.5, 0.6) is 0 Å². The molecule has 86 valence electrons. The average molecular weight is 256 g/mol. The van der Waals surface area contributed by atoms with Gasteiger partial charge in [-0.1, -0.05) is 28.3 Å². The number of thioether (sulfide) groups is 1. The van der Waals surface area contributed by atoms with Crippen molar-refractivity contribution in [3.05, 3.63) is 0 Å². The lowest BCUT2D eigenvalue weighted by atomic mass is 9.98. The van der Waals surface area contributed by atoms with Crippen LogP contribution in [0.15, 0.2) is 9.50 Å². The molecule has 3 atom stereocenters. The van der Waals surface area contributed by atoms with E-state index in [-0.39, 0.29) is 5.25 Å². The van der Waals surface area contributed by atoms with Crippen LogP contribution in [0.1, 0.15) is 19.3 Å². The highest BCUT2D eigenvalue weighted by Crippen LogP contribution is 2.49. The molecule has 5 nitrogen and oxygen atoms in total. The molecular formula is C9H12N4OS2. The standard InChI is InChI=1S/C9H12N4OS2/c10-8-11-12-9(16-8)15-7-5-2-1-4(3-5)6(7)13-14/h4-5,7,14H,1-3H2,(H2,10,11)/b13-6-/t4-,5+,7-/m0/s1. The summed E-state index contributed by atoms with van der Waals surface area (Å²) in [7, 11) is 0. The Bertz CT molecular complexity index is 433. The molecule has 0 spiro atoms. The smallest absolute Gasteiger partial charge is 0.203 e. The minimum atomic E-state index is 0.274. The maximum atomic E-state index is 9.06. The second kappa shape index (κ2) is 3.89. The number of nitrogens with zero attached hydrogens (tertiary/aromatic N) is 3. The zero-order valence-electron chi connectivity index (χ0n) is 8.54. The van der Waals surface area contributed by atoms with Gasteiger partial charge >= 0.3 is 0 Å². The van der Waals surface area contributed by atoms with Crippen LogP contribution in [0.25, 0.3) is 0 Å². The first kappa shape index (κ1) is 10.3. The van der Waals surface area contributed by atoms with Gasteiger partial charge in [0.05, 0.1) is 11.0 Å². The van der Waals surface area contributed by atoms with E-state index in [0.29, 0.717) is 17.0 Å². The van der Waals surface area contributed by atoms with E-state index in [1.165, 1.54) is 24.2 Å². The predicted molar refractivity (Wildman–Crippen MR) is 64.0 cm³/mol. The molecule has 16 heavy (non-hydrogen) atoms. The topological polar surface area (TPSA) is 84.4 Å². The summed E-state index contributed by atoms with van der Waals surface area (Å²) >= 11 is 3.04. The number of nitrogen functional groups attached to an aromatic ring is 1. The van der Waals surface area contributed by atoms with Crippen molar-refractivity contribution in [1.82, 2.24) is 10.2 Å². The number of hydrogen-bond donors (Lipinski definition) is 2. The van der Waals surface area contributed by atoms with Gasteiger partial charge in [-0.25, -0.2) is 0 Å². The number of oxime groups is 1. The van der Waals surface area contributed by atoms with Crippen molar-refractivity contribution in [3.8, 4) is 0 Å². The van der Waals surface area contributed by atoms with E-state index in [1.54, 1.807) is 11.8 Å². The highest BCUT2D eigenvalue weighted by molar-refractivity contribution is 8.02. The van der Waals surface area contributed by atoms with Crippen molar-refractivity contribution in [3.63, 3.8) is 0 Å². The fraction of sp³-hybridized carbons (Fsp3) is 0.667. The highest BCUT2D eigenvalue weighted by Gasteiger charge is 2.46. The van der Waals surface area contributed by atoms with E-state index in [0.717, 1.165) is 16.5 Å². The molecular weight excluding hydrogens is 244 g/mol. The Kier molecular flexibility index (Phi) is 2.51. The van der Waals surface area contributed by atoms with E-state index < -0.39 is 0 Å². The molecule has 0 aromatic carbocycles. The summed E-state index contributed by atoms with van der Waals surface area (Å²) in [6.45, 7) is 0. The third kappa shape index (κ3) is 1.58. The summed E-state index contributed by atoms with van der Waals surface area (Å²) in [6.07, 6.45) is 3.56. The summed E-state index contributed by atoms with van der Waals surface area (Å²) in [5.41, 5.74) is 6.49. The first-order valence-electron chi connectivity index (χ1n) is 5.25. The van der Waals surface area contributed by atoms with Gasteiger partial charge in [0.1, 0.15) is 0 Å². The molecule has 3 N–H and O–H groups in total. The minimum absolute atomic E-state index is 0.274.